The van der Waals surface area contributed by atoms with Crippen LogP contribution in [0.2, 0.25) is 0 Å². The van der Waals surface area contributed by atoms with Crippen molar-refractivity contribution in [3.05, 3.63) is 39.7 Å². The molecule has 6 heteroatoms. The summed E-state index contributed by atoms with van der Waals surface area (Å²) in [5.74, 6) is 0.340. The summed E-state index contributed by atoms with van der Waals surface area (Å²) in [6.45, 7) is 4.09. The zero-order valence-corrected chi connectivity index (χ0v) is 11.6. The lowest BCUT2D eigenvalue weighted by Gasteiger charge is -2.30. The van der Waals surface area contributed by atoms with Gasteiger partial charge in [-0.1, -0.05) is 6.92 Å². The number of halogens is 3. The molecule has 2 aromatic rings. The van der Waals surface area contributed by atoms with Crippen molar-refractivity contribution in [3.63, 3.8) is 0 Å². The van der Waals surface area contributed by atoms with Crippen LogP contribution in [0, 0.1) is 5.92 Å². The van der Waals surface area contributed by atoms with E-state index in [1.807, 2.05) is 6.92 Å². The zero-order valence-electron chi connectivity index (χ0n) is 11.6. The van der Waals surface area contributed by atoms with Crippen LogP contribution in [0.4, 0.5) is 18.9 Å². The third kappa shape index (κ3) is 2.39. The molecule has 0 aliphatic carbocycles. The van der Waals surface area contributed by atoms with E-state index in [2.05, 4.69) is 17.2 Å². The van der Waals surface area contributed by atoms with Crippen molar-refractivity contribution in [2.24, 2.45) is 5.92 Å². The molecule has 0 radical (unpaired) electrons. The Morgan fingerprint density at radius 1 is 1.19 bits per heavy atom. The quantitative estimate of drug-likeness (QED) is 0.781. The number of alkyl halides is 3. The number of pyridine rings is 1. The molecule has 0 unspecified atom stereocenters. The minimum atomic E-state index is -4.54. The van der Waals surface area contributed by atoms with Gasteiger partial charge in [-0.2, -0.15) is 13.2 Å². The number of aromatic amines is 1. The maximum absolute atomic E-state index is 13.1. The van der Waals surface area contributed by atoms with Gasteiger partial charge in [0.05, 0.1) is 11.1 Å². The number of benzene rings is 1. The molecule has 21 heavy (non-hydrogen) atoms. The van der Waals surface area contributed by atoms with E-state index >= 15 is 0 Å². The van der Waals surface area contributed by atoms with E-state index in [0.717, 1.165) is 17.7 Å². The molecule has 3 rings (SSSR count). The molecule has 3 nitrogen and oxygen atoms in total. The first kappa shape index (κ1) is 14.0. The first-order valence-corrected chi connectivity index (χ1v) is 6.79. The number of fused-ring (bicyclic) bond motifs is 2. The van der Waals surface area contributed by atoms with E-state index in [1.165, 1.54) is 0 Å². The van der Waals surface area contributed by atoms with Gasteiger partial charge in [0.25, 0.3) is 0 Å². The Kier molecular flexibility index (Phi) is 3.00. The summed E-state index contributed by atoms with van der Waals surface area (Å²) < 4.78 is 39.3. The highest BCUT2D eigenvalue weighted by molar-refractivity contribution is 5.87. The van der Waals surface area contributed by atoms with Crippen LogP contribution in [0.3, 0.4) is 0 Å². The average molecular weight is 296 g/mol. The number of H-pyrrole nitrogens is 1. The predicted molar refractivity (Wildman–Crippen MR) is 75.5 cm³/mol. The maximum atomic E-state index is 13.1. The highest BCUT2D eigenvalue weighted by Crippen LogP contribution is 2.37. The summed E-state index contributed by atoms with van der Waals surface area (Å²) >= 11 is 0. The molecule has 1 aromatic heterocycles. The van der Waals surface area contributed by atoms with Crippen molar-refractivity contribution in [3.8, 4) is 0 Å². The van der Waals surface area contributed by atoms with Crippen LogP contribution in [-0.4, -0.2) is 11.0 Å². The topological polar surface area (TPSA) is 44.9 Å². The van der Waals surface area contributed by atoms with Gasteiger partial charge in [0.2, 0.25) is 5.56 Å². The monoisotopic (exact) mass is 296 g/mol. The third-order valence-electron chi connectivity index (χ3n) is 4.15. The second-order valence-corrected chi connectivity index (χ2v) is 5.71. The molecule has 0 fully saturated rings. The van der Waals surface area contributed by atoms with Crippen LogP contribution in [-0.2, 0) is 12.6 Å². The van der Waals surface area contributed by atoms with Gasteiger partial charge in [-0.15, -0.1) is 0 Å². The summed E-state index contributed by atoms with van der Waals surface area (Å²) in [6.07, 6.45) is -3.82. The van der Waals surface area contributed by atoms with Gasteiger partial charge in [-0.05, 0) is 37.0 Å². The molecule has 0 saturated carbocycles. The Bertz CT molecular complexity index is 764. The Morgan fingerprint density at radius 2 is 1.90 bits per heavy atom. The standard InChI is InChI=1S/C15H15F3N2O/c1-7-3-9-4-10-11(15(16,17)18)5-14(21)20-13(10)6-12(9)19-8(7)2/h4-8,19H,3H2,1-2H3,(H,20,21)/t7-,8-/m1/s1. The molecule has 0 spiro atoms. The number of rotatable bonds is 0. The van der Waals surface area contributed by atoms with Crippen molar-refractivity contribution >= 4 is 16.6 Å². The van der Waals surface area contributed by atoms with Crippen LogP contribution in [0.25, 0.3) is 10.9 Å². The van der Waals surface area contributed by atoms with Crippen molar-refractivity contribution < 1.29 is 13.2 Å². The maximum Gasteiger partial charge on any atom is 0.417 e. The minimum Gasteiger partial charge on any atom is -0.382 e. The Hall–Kier alpha value is -1.98. The molecule has 1 aliphatic rings. The number of hydrogen-bond acceptors (Lipinski definition) is 2. The Morgan fingerprint density at radius 3 is 2.57 bits per heavy atom. The summed E-state index contributed by atoms with van der Waals surface area (Å²) in [4.78, 5) is 13.9. The van der Waals surface area contributed by atoms with E-state index in [-0.39, 0.29) is 16.9 Å². The molecule has 1 aromatic carbocycles. The summed E-state index contributed by atoms with van der Waals surface area (Å²) in [6, 6.07) is 4.01. The Labute approximate surface area is 119 Å². The van der Waals surface area contributed by atoms with E-state index in [1.54, 1.807) is 12.1 Å². The lowest BCUT2D eigenvalue weighted by atomic mass is 9.88. The normalized spacial score (nSPS) is 22.0. The number of hydrogen-bond donors (Lipinski definition) is 2. The van der Waals surface area contributed by atoms with Crippen LogP contribution in [0.1, 0.15) is 25.0 Å². The molecule has 2 atom stereocenters. The van der Waals surface area contributed by atoms with E-state index < -0.39 is 17.3 Å². The minimum absolute atomic E-state index is 0.0457. The molecule has 0 amide bonds. The van der Waals surface area contributed by atoms with Crippen LogP contribution in [0.15, 0.2) is 23.0 Å². The number of anilines is 1. The lowest BCUT2D eigenvalue weighted by molar-refractivity contribution is -0.136. The van der Waals surface area contributed by atoms with Crippen LogP contribution in [0.5, 0.6) is 0 Å². The summed E-state index contributed by atoms with van der Waals surface area (Å²) in [7, 11) is 0. The third-order valence-corrected chi connectivity index (χ3v) is 4.15. The highest BCUT2D eigenvalue weighted by atomic mass is 19.4. The van der Waals surface area contributed by atoms with Crippen molar-refractivity contribution in [2.75, 3.05) is 5.32 Å². The predicted octanol–water partition coefficient (Wildman–Crippen LogP) is 3.54. The summed E-state index contributed by atoms with van der Waals surface area (Å²) in [5, 5.41) is 3.32. The molecular formula is C15H15F3N2O. The van der Waals surface area contributed by atoms with Crippen molar-refractivity contribution in [2.45, 2.75) is 32.5 Å². The number of nitrogens with one attached hydrogen (secondary N) is 2. The van der Waals surface area contributed by atoms with Gasteiger partial charge < -0.3 is 10.3 Å². The van der Waals surface area contributed by atoms with Gasteiger partial charge >= 0.3 is 6.18 Å². The average Bonchev–Trinajstić information content (AvgIpc) is 2.36. The molecule has 0 saturated heterocycles. The second-order valence-electron chi connectivity index (χ2n) is 5.71. The fourth-order valence-corrected chi connectivity index (χ4v) is 2.80. The highest BCUT2D eigenvalue weighted by Gasteiger charge is 2.34. The lowest BCUT2D eigenvalue weighted by Crippen LogP contribution is -2.30. The van der Waals surface area contributed by atoms with Gasteiger partial charge in [0.15, 0.2) is 0 Å². The molecule has 112 valence electrons. The smallest absolute Gasteiger partial charge is 0.382 e. The van der Waals surface area contributed by atoms with Crippen molar-refractivity contribution in [1.82, 2.24) is 4.98 Å². The van der Waals surface area contributed by atoms with Crippen molar-refractivity contribution in [1.29, 1.82) is 0 Å². The fraction of sp³-hybridized carbons (Fsp3) is 0.400. The SMILES string of the molecule is C[C@@H]1Cc2cc3c(C(F)(F)F)cc(=O)[nH]c3cc2N[C@@H]1C. The second kappa shape index (κ2) is 4.51. The zero-order chi connectivity index (χ0) is 15.4. The van der Waals surface area contributed by atoms with Gasteiger partial charge in [0.1, 0.15) is 0 Å². The first-order valence-electron chi connectivity index (χ1n) is 6.79. The van der Waals surface area contributed by atoms with Crippen LogP contribution >= 0.6 is 0 Å². The van der Waals surface area contributed by atoms with E-state index in [4.69, 9.17) is 0 Å². The molecule has 0 bridgehead atoms. The van der Waals surface area contributed by atoms with E-state index in [0.29, 0.717) is 12.0 Å². The van der Waals surface area contributed by atoms with E-state index in [9.17, 15) is 18.0 Å². The molecule has 2 N–H and O–H groups in total. The number of aromatic nitrogens is 1. The first-order chi connectivity index (χ1) is 9.75. The summed E-state index contributed by atoms with van der Waals surface area (Å²) in [5.41, 5.74) is 0.235. The molecular weight excluding hydrogens is 281 g/mol. The Balaban J connectivity index is 2.28. The molecule has 2 heterocycles. The fourth-order valence-electron chi connectivity index (χ4n) is 2.80. The van der Waals surface area contributed by atoms with Crippen LogP contribution < -0.4 is 10.9 Å². The molecule has 1 aliphatic heterocycles. The van der Waals surface area contributed by atoms with Gasteiger partial charge in [0, 0.05) is 23.2 Å². The van der Waals surface area contributed by atoms with Gasteiger partial charge in [-0.3, -0.25) is 4.79 Å². The van der Waals surface area contributed by atoms with Gasteiger partial charge in [-0.25, -0.2) is 0 Å². The largest absolute Gasteiger partial charge is 0.417 e.